The first-order chi connectivity index (χ1) is 18.8. The van der Waals surface area contributed by atoms with Crippen LogP contribution in [0.5, 0.6) is 11.5 Å². The minimum atomic E-state index is -4.88. The minimum Gasteiger partial charge on any atom is -0.429 e. The normalized spacial score (nSPS) is 11.4. The summed E-state index contributed by atoms with van der Waals surface area (Å²) in [6, 6.07) is 8.98. The first kappa shape index (κ1) is 28.5. The van der Waals surface area contributed by atoms with Gasteiger partial charge in [-0.3, -0.25) is 0 Å². The molecule has 0 radical (unpaired) electrons. The quantitative estimate of drug-likeness (QED) is 0.162. The lowest BCUT2D eigenvalue weighted by molar-refractivity contribution is -0.189. The van der Waals surface area contributed by atoms with E-state index in [0.717, 1.165) is 11.6 Å². The second-order valence-electron chi connectivity index (χ2n) is 8.35. The van der Waals surface area contributed by atoms with Crippen LogP contribution >= 0.6 is 0 Å². The third kappa shape index (κ3) is 5.90. The second-order valence-corrected chi connectivity index (χ2v) is 8.35. The number of rotatable bonds is 7. The molecule has 0 aromatic heterocycles. The van der Waals surface area contributed by atoms with Crippen LogP contribution in [0.3, 0.4) is 0 Å². The molecule has 0 bridgehead atoms. The van der Waals surface area contributed by atoms with Gasteiger partial charge in [0.1, 0.15) is 28.8 Å². The van der Waals surface area contributed by atoms with Crippen LogP contribution in [0.1, 0.15) is 11.1 Å². The highest BCUT2D eigenvalue weighted by Gasteiger charge is 2.41. The molecular formula is C28H14F10O2. The van der Waals surface area contributed by atoms with E-state index in [1.165, 1.54) is 12.1 Å². The highest BCUT2D eigenvalue weighted by Crippen LogP contribution is 2.39. The van der Waals surface area contributed by atoms with E-state index in [2.05, 4.69) is 9.47 Å². The van der Waals surface area contributed by atoms with E-state index in [1.807, 2.05) is 6.92 Å². The van der Waals surface area contributed by atoms with Gasteiger partial charge in [0.05, 0.1) is 0 Å². The Bertz CT molecular complexity index is 1560. The number of ether oxygens (including phenoxy) is 2. The van der Waals surface area contributed by atoms with Gasteiger partial charge in [-0.15, -0.1) is 0 Å². The fourth-order valence-electron chi connectivity index (χ4n) is 3.70. The maximum Gasteiger partial charge on any atom is 0.432 e. The van der Waals surface area contributed by atoms with Crippen LogP contribution in [0.15, 0.2) is 78.8 Å². The zero-order valence-electron chi connectivity index (χ0n) is 19.9. The molecule has 4 rings (SSSR count). The molecule has 0 saturated heterocycles. The van der Waals surface area contributed by atoms with E-state index in [0.29, 0.717) is 23.3 Å². The molecule has 0 N–H and O–H groups in total. The summed E-state index contributed by atoms with van der Waals surface area (Å²) in [6.07, 6.45) is -7.93. The van der Waals surface area contributed by atoms with E-state index >= 15 is 0 Å². The first-order valence-corrected chi connectivity index (χ1v) is 11.1. The van der Waals surface area contributed by atoms with Gasteiger partial charge in [-0.1, -0.05) is 42.0 Å². The van der Waals surface area contributed by atoms with Crippen molar-refractivity contribution in [3.05, 3.63) is 119 Å². The molecule has 40 heavy (non-hydrogen) atoms. The monoisotopic (exact) mass is 572 g/mol. The van der Waals surface area contributed by atoms with Gasteiger partial charge in [0.15, 0.2) is 11.6 Å². The van der Waals surface area contributed by atoms with Gasteiger partial charge in [-0.25, -0.2) is 22.0 Å². The molecule has 4 aromatic carbocycles. The highest BCUT2D eigenvalue weighted by molar-refractivity contribution is 5.71. The number of benzene rings is 4. The Labute approximate surface area is 219 Å². The molecular weight excluding hydrogens is 558 g/mol. The summed E-state index contributed by atoms with van der Waals surface area (Å²) in [5, 5.41) is 0. The maximum absolute atomic E-state index is 14.9. The Morgan fingerprint density at radius 3 is 1.68 bits per heavy atom. The minimum absolute atomic E-state index is 0.00903. The van der Waals surface area contributed by atoms with Gasteiger partial charge >= 0.3 is 18.2 Å². The smallest absolute Gasteiger partial charge is 0.429 e. The molecule has 0 heterocycles. The number of hydrogen-bond donors (Lipinski definition) is 0. The molecule has 2 nitrogen and oxygen atoms in total. The predicted molar refractivity (Wildman–Crippen MR) is 124 cm³/mol. The van der Waals surface area contributed by atoms with Crippen molar-refractivity contribution in [3.8, 4) is 33.8 Å². The highest BCUT2D eigenvalue weighted by atomic mass is 19.3. The summed E-state index contributed by atoms with van der Waals surface area (Å²) >= 11 is 0. The molecule has 0 aliphatic carbocycles. The van der Waals surface area contributed by atoms with Crippen molar-refractivity contribution in [2.75, 3.05) is 0 Å². The van der Waals surface area contributed by atoms with Gasteiger partial charge in [0.25, 0.3) is 0 Å². The van der Waals surface area contributed by atoms with Crippen LogP contribution in [-0.2, 0) is 6.11 Å². The third-order valence-electron chi connectivity index (χ3n) is 5.56. The molecule has 0 aliphatic heterocycles. The Kier molecular flexibility index (Phi) is 7.81. The average molecular weight is 572 g/mol. The van der Waals surface area contributed by atoms with E-state index in [4.69, 9.17) is 0 Å². The molecule has 0 spiro atoms. The van der Waals surface area contributed by atoms with E-state index in [1.54, 1.807) is 24.3 Å². The molecule has 4 aromatic rings. The lowest BCUT2D eigenvalue weighted by Gasteiger charge is -2.20. The molecule has 0 amide bonds. The summed E-state index contributed by atoms with van der Waals surface area (Å²) in [5.74, 6) is -11.6. The summed E-state index contributed by atoms with van der Waals surface area (Å²) in [7, 11) is 0. The fourth-order valence-corrected chi connectivity index (χ4v) is 3.70. The molecule has 0 saturated carbocycles. The van der Waals surface area contributed by atoms with Gasteiger partial charge < -0.3 is 9.47 Å². The van der Waals surface area contributed by atoms with Crippen molar-refractivity contribution in [2.45, 2.75) is 13.0 Å². The third-order valence-corrected chi connectivity index (χ3v) is 5.56. The Hall–Kier alpha value is -4.48. The molecule has 208 valence electrons. The van der Waals surface area contributed by atoms with Crippen LogP contribution in [0.2, 0.25) is 0 Å². The molecule has 0 atom stereocenters. The van der Waals surface area contributed by atoms with Crippen molar-refractivity contribution < 1.29 is 53.4 Å². The molecule has 0 fully saturated rings. The van der Waals surface area contributed by atoms with Crippen molar-refractivity contribution in [2.24, 2.45) is 0 Å². The van der Waals surface area contributed by atoms with Crippen molar-refractivity contribution in [1.82, 2.24) is 0 Å². The first-order valence-electron chi connectivity index (χ1n) is 11.1. The van der Waals surface area contributed by atoms with Crippen molar-refractivity contribution >= 4 is 0 Å². The summed E-state index contributed by atoms with van der Waals surface area (Å²) < 4.78 is 147. The second kappa shape index (κ2) is 10.9. The fraction of sp³-hybridized carbons (Fsp3) is 0.0714. The Morgan fingerprint density at radius 2 is 1.15 bits per heavy atom. The topological polar surface area (TPSA) is 18.5 Å². The Balaban J connectivity index is 1.63. The average Bonchev–Trinajstić information content (AvgIpc) is 2.85. The maximum atomic E-state index is 14.9. The number of hydrogen-bond acceptors (Lipinski definition) is 2. The zero-order chi connectivity index (χ0) is 29.4. The lowest BCUT2D eigenvalue weighted by atomic mass is 9.98. The van der Waals surface area contributed by atoms with Crippen LogP contribution in [0.25, 0.3) is 22.3 Å². The van der Waals surface area contributed by atoms with Crippen LogP contribution in [0.4, 0.5) is 43.9 Å². The molecule has 0 aliphatic rings. The zero-order valence-corrected chi connectivity index (χ0v) is 19.9. The van der Waals surface area contributed by atoms with E-state index < -0.39 is 69.9 Å². The van der Waals surface area contributed by atoms with Gasteiger partial charge in [0, 0.05) is 17.7 Å². The van der Waals surface area contributed by atoms with E-state index in [-0.39, 0.29) is 17.7 Å². The van der Waals surface area contributed by atoms with Crippen LogP contribution in [0, 0.1) is 36.0 Å². The predicted octanol–water partition coefficient (Wildman–Crippen LogP) is 9.57. The van der Waals surface area contributed by atoms with Gasteiger partial charge in [0.2, 0.25) is 5.75 Å². The van der Waals surface area contributed by atoms with Crippen LogP contribution < -0.4 is 9.47 Å². The van der Waals surface area contributed by atoms with E-state index in [9.17, 15) is 43.9 Å². The summed E-state index contributed by atoms with van der Waals surface area (Å²) in [6.45, 7) is 1.86. The van der Waals surface area contributed by atoms with Gasteiger partial charge in [-0.2, -0.15) is 22.0 Å². The molecule has 12 heteroatoms. The van der Waals surface area contributed by atoms with Crippen molar-refractivity contribution in [3.63, 3.8) is 0 Å². The Morgan fingerprint density at radius 1 is 0.625 bits per heavy atom. The number of aryl methyl sites for hydroxylation is 1. The number of halogens is 10. The summed E-state index contributed by atoms with van der Waals surface area (Å²) in [4.78, 5) is 0. The van der Waals surface area contributed by atoms with Crippen molar-refractivity contribution in [1.29, 1.82) is 0 Å². The standard InChI is InChI=1S/C28H14F10O2/c1-13-2-4-14(5-3-13)15-6-7-18(19(29)8-15)16-9-20(30)24(21(31)10-16)28(37,38)40-17-11-22(32)25(23(33)12-17)39-27(36)26(34)35/h2-12H,1H3. The van der Waals surface area contributed by atoms with Gasteiger partial charge in [-0.05, 0) is 41.8 Å². The summed E-state index contributed by atoms with van der Waals surface area (Å²) in [5.41, 5.74) is -0.645. The SMILES string of the molecule is Cc1ccc(-c2ccc(-c3cc(F)c(C(F)(F)Oc4cc(F)c(OC(F)=C(F)F)c(F)c4)c(F)c3)c(F)c2)cc1. The largest absolute Gasteiger partial charge is 0.432 e. The van der Waals surface area contributed by atoms with Crippen LogP contribution in [-0.4, -0.2) is 0 Å². The lowest BCUT2D eigenvalue weighted by Crippen LogP contribution is -2.25. The number of alkyl halides is 2. The molecule has 0 unspecified atom stereocenters.